The van der Waals surface area contributed by atoms with Crippen LogP contribution in [0.3, 0.4) is 0 Å². The summed E-state index contributed by atoms with van der Waals surface area (Å²) in [5, 5.41) is 12.0. The van der Waals surface area contributed by atoms with Gasteiger partial charge in [0.05, 0.1) is 0 Å². The van der Waals surface area contributed by atoms with Gasteiger partial charge in [0, 0.05) is 0 Å². The van der Waals surface area contributed by atoms with Crippen molar-refractivity contribution in [1.29, 1.82) is 0 Å². The molecule has 0 aromatic rings. The Bertz CT molecular complexity index is 643. The van der Waals surface area contributed by atoms with Crippen molar-refractivity contribution >= 4 is 26.7 Å². The van der Waals surface area contributed by atoms with E-state index >= 15 is 0 Å². The second-order valence-electron chi connectivity index (χ2n) is 13.4. The Morgan fingerprint density at radius 2 is 1.58 bits per heavy atom. The van der Waals surface area contributed by atoms with Gasteiger partial charge in [-0.1, -0.05) is 0 Å². The minimum absolute atomic E-state index is 0.101. The van der Waals surface area contributed by atoms with Crippen molar-refractivity contribution in [2.45, 2.75) is 156 Å². The third-order valence-electron chi connectivity index (χ3n) is 9.37. The molecule has 1 rings (SSSR count). The van der Waals surface area contributed by atoms with Crippen LogP contribution >= 0.6 is 0 Å². The number of aliphatic hydroxyl groups excluding tert-OH is 1. The van der Waals surface area contributed by atoms with Crippen molar-refractivity contribution < 1.29 is 23.7 Å². The van der Waals surface area contributed by atoms with Gasteiger partial charge < -0.3 is 0 Å². The molecule has 7 heteroatoms. The first-order valence-corrected chi connectivity index (χ1v) is 26.0. The van der Waals surface area contributed by atoms with Gasteiger partial charge >= 0.3 is 243 Å². The third-order valence-corrected chi connectivity index (χ3v) is 29.8. The summed E-state index contributed by atoms with van der Waals surface area (Å²) in [6.07, 6.45) is 7.83. The van der Waals surface area contributed by atoms with Crippen molar-refractivity contribution in [3.8, 4) is 0 Å². The quantitative estimate of drug-likeness (QED) is 0.105. The van der Waals surface area contributed by atoms with E-state index in [1.54, 1.807) is 7.11 Å². The third kappa shape index (κ3) is 10.8. The summed E-state index contributed by atoms with van der Waals surface area (Å²) >= 11 is -2.84. The number of unbranched alkanes of at least 4 members (excludes halogenated alkanes) is 3. The molecule has 1 aliphatic heterocycles. The van der Waals surface area contributed by atoms with Gasteiger partial charge in [-0.2, -0.15) is 0 Å². The van der Waals surface area contributed by atoms with Crippen molar-refractivity contribution in [2.24, 2.45) is 5.92 Å². The van der Waals surface area contributed by atoms with Crippen LogP contribution in [-0.2, 0) is 18.6 Å². The summed E-state index contributed by atoms with van der Waals surface area (Å²) < 4.78 is 29.8. The summed E-state index contributed by atoms with van der Waals surface area (Å²) in [6, 6.07) is 0. The second kappa shape index (κ2) is 17.5. The Morgan fingerprint density at radius 3 is 2.03 bits per heavy atom. The van der Waals surface area contributed by atoms with E-state index in [1.165, 1.54) is 55.4 Å². The van der Waals surface area contributed by atoms with Crippen LogP contribution in [0.25, 0.3) is 0 Å². The van der Waals surface area contributed by atoms with Gasteiger partial charge in [0.1, 0.15) is 0 Å². The topological polar surface area (TPSA) is 57.2 Å². The van der Waals surface area contributed by atoms with Crippen LogP contribution < -0.4 is 0 Å². The van der Waals surface area contributed by atoms with Crippen molar-refractivity contribution in [3.05, 3.63) is 10.2 Å². The molecule has 0 bridgehead atoms. The number of hydrogen-bond donors (Lipinski definition) is 1. The van der Waals surface area contributed by atoms with E-state index in [0.717, 1.165) is 19.4 Å². The molecule has 1 fully saturated rings. The molecular weight excluding hydrogens is 599 g/mol. The summed E-state index contributed by atoms with van der Waals surface area (Å²) in [5.41, 5.74) is 0. The molecule has 0 unspecified atom stereocenters. The molecule has 1 aliphatic rings. The Labute approximate surface area is 241 Å². The molecule has 5 atom stereocenters. The average Bonchev–Trinajstić information content (AvgIpc) is 3.23. The zero-order valence-corrected chi connectivity index (χ0v) is 30.7. The van der Waals surface area contributed by atoms with Crippen LogP contribution in [0, 0.1) is 5.92 Å². The Balaban J connectivity index is 3.06. The zero-order valence-electron chi connectivity index (χ0n) is 26.9. The summed E-state index contributed by atoms with van der Waals surface area (Å²) in [4.78, 5) is 0. The molecule has 0 aromatic heterocycles. The Morgan fingerprint density at radius 1 is 1.05 bits per heavy atom. The van der Waals surface area contributed by atoms with Crippen molar-refractivity contribution in [2.75, 3.05) is 20.5 Å². The van der Waals surface area contributed by atoms with Crippen molar-refractivity contribution in [3.63, 3.8) is 0 Å². The fourth-order valence-electron chi connectivity index (χ4n) is 5.60. The monoisotopic (exact) mass is 664 g/mol. The van der Waals surface area contributed by atoms with Crippen LogP contribution in [-0.4, -0.2) is 76.7 Å². The maximum absolute atomic E-state index is 11.8. The fraction of sp³-hybridized carbons (Fsp3) is 0.935. The van der Waals surface area contributed by atoms with E-state index in [2.05, 4.69) is 61.6 Å². The SMILES string of the molecule is C=[C]([C@@H](OCOC)[C@@H](O)[C@H]1C[C@@H](C)[C@H](CCO[Si](C)(C)C(C)(C)C)O1)[Sn]([CH2]CCC)([CH2]CCC)[CH2]CCC. The molecule has 38 heavy (non-hydrogen) atoms. The van der Waals surface area contributed by atoms with Gasteiger partial charge in [-0.15, -0.1) is 0 Å². The Kier molecular flexibility index (Phi) is 16.8. The first-order valence-electron chi connectivity index (χ1n) is 15.6. The van der Waals surface area contributed by atoms with Gasteiger partial charge in [-0.05, 0) is 0 Å². The molecule has 1 N–H and O–H groups in total. The molecule has 5 nitrogen and oxygen atoms in total. The molecule has 0 spiro atoms. The van der Waals surface area contributed by atoms with E-state index in [-0.39, 0.29) is 24.0 Å². The van der Waals surface area contributed by atoms with Gasteiger partial charge in [0.15, 0.2) is 0 Å². The average molecular weight is 664 g/mol. The molecule has 1 saturated heterocycles. The minimum atomic E-state index is -2.84. The van der Waals surface area contributed by atoms with Gasteiger partial charge in [-0.25, -0.2) is 0 Å². The summed E-state index contributed by atoms with van der Waals surface area (Å²) in [6.45, 7) is 26.2. The first-order chi connectivity index (χ1) is 17.8. The first kappa shape index (κ1) is 36.6. The predicted octanol–water partition coefficient (Wildman–Crippen LogP) is 8.49. The summed E-state index contributed by atoms with van der Waals surface area (Å²) in [7, 11) is -0.130. The van der Waals surface area contributed by atoms with E-state index in [1.807, 2.05) is 0 Å². The molecule has 0 saturated carbocycles. The number of hydrogen-bond acceptors (Lipinski definition) is 5. The van der Waals surface area contributed by atoms with Gasteiger partial charge in [-0.3, -0.25) is 0 Å². The van der Waals surface area contributed by atoms with E-state index in [9.17, 15) is 5.11 Å². The van der Waals surface area contributed by atoms with Gasteiger partial charge in [0.25, 0.3) is 0 Å². The van der Waals surface area contributed by atoms with E-state index < -0.39 is 38.9 Å². The van der Waals surface area contributed by atoms with Crippen LogP contribution in [0.15, 0.2) is 10.2 Å². The van der Waals surface area contributed by atoms with E-state index in [0.29, 0.717) is 5.92 Å². The molecular formula is C31H64O5SiSn. The molecule has 0 aliphatic carbocycles. The predicted molar refractivity (Wildman–Crippen MR) is 167 cm³/mol. The standard InChI is InChI=1S/C19H37O5Si.3C4H9.Sn/c1-9-15(22-13-21-6)18(20)17-12-14(2)16(24-17)10-11-23-25(7,8)19(3,4)5;3*1-3-4-2;/h14-18,20H,1,10-13H2,2-8H3;3*1,3-4H2,2H3;/t14-,15-,16+,17-,18-;;;;/m1..../s1. The van der Waals surface area contributed by atoms with Crippen LogP contribution in [0.2, 0.25) is 31.4 Å². The molecule has 0 radical (unpaired) electrons. The number of aliphatic hydroxyl groups is 1. The molecule has 226 valence electrons. The van der Waals surface area contributed by atoms with E-state index in [4.69, 9.17) is 25.2 Å². The number of methoxy groups -OCH3 is 1. The fourth-order valence-corrected chi connectivity index (χ4v) is 22.8. The van der Waals surface area contributed by atoms with Gasteiger partial charge in [0.2, 0.25) is 0 Å². The van der Waals surface area contributed by atoms with Crippen LogP contribution in [0.4, 0.5) is 0 Å². The zero-order chi connectivity index (χ0) is 29.0. The second-order valence-corrected chi connectivity index (χ2v) is 31.7. The van der Waals surface area contributed by atoms with Crippen molar-refractivity contribution in [1.82, 2.24) is 0 Å². The normalized spacial score (nSPS) is 22.6. The molecule has 1 heterocycles. The number of ether oxygens (including phenoxy) is 3. The molecule has 0 amide bonds. The van der Waals surface area contributed by atoms with Crippen LogP contribution in [0.5, 0.6) is 0 Å². The van der Waals surface area contributed by atoms with Crippen LogP contribution in [0.1, 0.15) is 99.8 Å². The Hall–Kier alpha value is 0.556. The molecule has 0 aromatic carbocycles. The summed E-state index contributed by atoms with van der Waals surface area (Å²) in [5.74, 6) is 0.377. The maximum atomic E-state index is 11.8. The number of rotatable bonds is 20.